The van der Waals surface area contributed by atoms with E-state index in [0.717, 1.165) is 32.5 Å². The molecule has 112 valence electrons. The Morgan fingerprint density at radius 3 is 1.95 bits per heavy atom. The van der Waals surface area contributed by atoms with Gasteiger partial charge in [0.05, 0.1) is 4.75 Å². The molecule has 1 saturated heterocycles. The fraction of sp³-hybridized carbons (Fsp3) is 0.938. The number of hydrogen-bond acceptors (Lipinski definition) is 2. The molecule has 0 bridgehead atoms. The first-order valence-electron chi connectivity index (χ1n) is 7.53. The van der Waals surface area contributed by atoms with Crippen LogP contribution in [0.3, 0.4) is 0 Å². The molecule has 2 rings (SSSR count). The zero-order chi connectivity index (χ0) is 14.5. The summed E-state index contributed by atoms with van der Waals surface area (Å²) in [4.78, 5) is 2.54. The maximum Gasteiger partial charge on any atom is 0.0508 e. The molecule has 1 aliphatic carbocycles. The predicted molar refractivity (Wildman–Crippen MR) is 86.4 cm³/mol. The number of hydrogen-bond donors (Lipinski definition) is 0. The van der Waals surface area contributed by atoms with Crippen molar-refractivity contribution < 1.29 is 4.21 Å². The molecule has 0 aromatic heterocycles. The Morgan fingerprint density at radius 2 is 1.63 bits per heavy atom. The molecule has 2 aliphatic rings. The first kappa shape index (κ1) is 15.4. The van der Waals surface area contributed by atoms with Crippen molar-refractivity contribution in [2.75, 3.05) is 25.9 Å². The van der Waals surface area contributed by atoms with Gasteiger partial charge < -0.3 is 4.90 Å². The van der Waals surface area contributed by atoms with Gasteiger partial charge in [-0.25, -0.2) is 0 Å². The van der Waals surface area contributed by atoms with Gasteiger partial charge in [-0.3, -0.25) is 4.21 Å². The van der Waals surface area contributed by atoms with Crippen LogP contribution in [0.15, 0.2) is 0 Å². The predicted octanol–water partition coefficient (Wildman–Crippen LogP) is 3.01. The van der Waals surface area contributed by atoms with Crippen molar-refractivity contribution in [3.05, 3.63) is 0 Å². The molecule has 1 aliphatic heterocycles. The summed E-state index contributed by atoms with van der Waals surface area (Å²) in [6.45, 7) is 12.8. The van der Waals surface area contributed by atoms with E-state index in [1.165, 1.54) is 12.8 Å². The lowest BCUT2D eigenvalue weighted by Crippen LogP contribution is -2.48. The van der Waals surface area contributed by atoms with Crippen molar-refractivity contribution in [2.24, 2.45) is 10.8 Å². The van der Waals surface area contributed by atoms with Crippen LogP contribution in [0.1, 0.15) is 53.4 Å². The smallest absolute Gasteiger partial charge is 0.0508 e. The van der Waals surface area contributed by atoms with Crippen LogP contribution in [0, 0.1) is 10.8 Å². The normalized spacial score (nSPS) is 29.7. The van der Waals surface area contributed by atoms with E-state index in [0.29, 0.717) is 10.8 Å². The largest absolute Gasteiger partial charge is 0.302 e. The summed E-state index contributed by atoms with van der Waals surface area (Å²) in [6, 6.07) is 0. The lowest BCUT2D eigenvalue weighted by molar-refractivity contribution is 0.0219. The Hall–Kier alpha value is -0.0200. The highest BCUT2D eigenvalue weighted by atomic mass is 32.2. The third kappa shape index (κ3) is 2.87. The maximum absolute atomic E-state index is 12.3. The van der Waals surface area contributed by atoms with Crippen molar-refractivity contribution >= 4 is 15.4 Å². The zero-order valence-corrected chi connectivity index (χ0v) is 14.2. The lowest BCUT2D eigenvalue weighted by Gasteiger charge is -2.48. The van der Waals surface area contributed by atoms with E-state index in [4.69, 9.17) is 0 Å². The Bertz CT molecular complexity index is 432. The molecule has 0 spiro atoms. The molecule has 1 saturated carbocycles. The Balaban J connectivity index is 1.95. The molecule has 0 N–H and O–H groups in total. The highest BCUT2D eigenvalue weighted by Gasteiger charge is 2.50. The molecule has 3 heteroatoms. The molecule has 1 unspecified atom stereocenters. The van der Waals surface area contributed by atoms with Crippen LogP contribution in [0.2, 0.25) is 0 Å². The first-order chi connectivity index (χ1) is 8.49. The van der Waals surface area contributed by atoms with E-state index in [1.54, 1.807) is 0 Å². The van der Waals surface area contributed by atoms with Crippen LogP contribution in [0.4, 0.5) is 0 Å². The van der Waals surface area contributed by atoms with Crippen LogP contribution in [0.25, 0.3) is 0 Å². The second-order valence-corrected chi connectivity index (χ2v) is 11.2. The molecule has 0 aromatic rings. The van der Waals surface area contributed by atoms with Gasteiger partial charge in [-0.2, -0.15) is 0 Å². The summed E-state index contributed by atoms with van der Waals surface area (Å²) in [5.41, 5.74) is 0.819. The molecule has 19 heavy (non-hydrogen) atoms. The summed E-state index contributed by atoms with van der Waals surface area (Å²) in [5, 5.41) is 0. The number of rotatable bonds is 3. The van der Waals surface area contributed by atoms with Gasteiger partial charge in [-0.15, -0.1) is 0 Å². The molecule has 0 radical (unpaired) electrons. The fourth-order valence-electron chi connectivity index (χ4n) is 3.23. The van der Waals surface area contributed by atoms with Gasteiger partial charge in [0, 0.05) is 12.8 Å². The van der Waals surface area contributed by atoms with Gasteiger partial charge >= 0.3 is 0 Å². The van der Waals surface area contributed by atoms with Crippen molar-refractivity contribution in [2.45, 2.75) is 58.1 Å². The van der Waals surface area contributed by atoms with E-state index in [-0.39, 0.29) is 4.75 Å². The quantitative estimate of drug-likeness (QED) is 0.743. The third-order valence-electron chi connectivity index (χ3n) is 6.01. The minimum Gasteiger partial charge on any atom is -0.302 e. The van der Waals surface area contributed by atoms with Gasteiger partial charge in [-0.05, 0) is 65.0 Å². The average Bonchev–Trinajstić information content (AvgIpc) is 3.00. The molecule has 2 nitrogen and oxygen atoms in total. The topological polar surface area (TPSA) is 20.3 Å². The monoisotopic (exact) mass is 285 g/mol. The van der Waals surface area contributed by atoms with Gasteiger partial charge in [0.1, 0.15) is 0 Å². The van der Waals surface area contributed by atoms with E-state index in [1.807, 2.05) is 6.26 Å². The first-order valence-corrected chi connectivity index (χ1v) is 9.67. The molecule has 1 heterocycles. The second-order valence-electron chi connectivity index (χ2n) is 8.27. The summed E-state index contributed by atoms with van der Waals surface area (Å²) in [6.07, 6.45) is 6.59. The van der Waals surface area contributed by atoms with E-state index < -0.39 is 9.52 Å². The molecular formula is C16H31NOS. The van der Waals surface area contributed by atoms with Crippen LogP contribution >= 0.6 is 0 Å². The van der Waals surface area contributed by atoms with Crippen LogP contribution in [-0.4, -0.2) is 45.6 Å². The molecular weight excluding hydrogens is 254 g/mol. The molecule has 0 amide bonds. The third-order valence-corrected chi connectivity index (χ3v) is 8.37. The van der Waals surface area contributed by atoms with E-state index >= 15 is 0 Å². The zero-order valence-electron chi connectivity index (χ0n) is 13.4. The number of nitrogens with zero attached hydrogens (tertiary/aromatic N) is 1. The highest BCUT2D eigenvalue weighted by molar-refractivity contribution is 8.01. The summed E-state index contributed by atoms with van der Waals surface area (Å²) < 4.78 is 12.3. The second kappa shape index (κ2) is 4.49. The maximum atomic E-state index is 12.3. The average molecular weight is 285 g/mol. The summed E-state index contributed by atoms with van der Waals surface area (Å²) in [7, 11) is -1.89. The van der Waals surface area contributed by atoms with Gasteiger partial charge in [-0.1, -0.05) is 27.7 Å². The minimum atomic E-state index is -1.89. The standard InChI is InChI=1S/C16H31NOS/c1-14(2,3)15(4)9-11-17(12-10-15)13-16(7-8-16)19(5,6)18/h5,7-13H2,1-4,6H3. The SMILES string of the molecule is C=S(C)(=O)C1(CN2CCC(C)(C(C)(C)C)CC2)CC1. The van der Waals surface area contributed by atoms with Gasteiger partial charge in [0.25, 0.3) is 0 Å². The van der Waals surface area contributed by atoms with Crippen molar-refractivity contribution in [1.82, 2.24) is 4.90 Å². The fourth-order valence-corrected chi connectivity index (χ4v) is 4.65. The van der Waals surface area contributed by atoms with Crippen molar-refractivity contribution in [3.8, 4) is 0 Å². The van der Waals surface area contributed by atoms with E-state index in [2.05, 4.69) is 38.5 Å². The molecule has 2 fully saturated rings. The Kier molecular flexibility index (Phi) is 3.63. The van der Waals surface area contributed by atoms with Crippen LogP contribution < -0.4 is 0 Å². The van der Waals surface area contributed by atoms with Gasteiger partial charge in [0.15, 0.2) is 0 Å². The summed E-state index contributed by atoms with van der Waals surface area (Å²) in [5.74, 6) is 3.94. The molecule has 0 aromatic carbocycles. The Morgan fingerprint density at radius 1 is 1.16 bits per heavy atom. The lowest BCUT2D eigenvalue weighted by atomic mass is 9.63. The Labute approximate surface area is 120 Å². The minimum absolute atomic E-state index is 0.0441. The van der Waals surface area contributed by atoms with E-state index in [9.17, 15) is 4.21 Å². The van der Waals surface area contributed by atoms with Crippen molar-refractivity contribution in [1.29, 1.82) is 0 Å². The highest BCUT2D eigenvalue weighted by Crippen LogP contribution is 2.48. The van der Waals surface area contributed by atoms with Crippen molar-refractivity contribution in [3.63, 3.8) is 0 Å². The van der Waals surface area contributed by atoms with Crippen LogP contribution in [0.5, 0.6) is 0 Å². The number of likely N-dealkylation sites (tertiary alicyclic amines) is 1. The van der Waals surface area contributed by atoms with Crippen LogP contribution in [-0.2, 0) is 9.52 Å². The number of piperidine rings is 1. The van der Waals surface area contributed by atoms with Gasteiger partial charge in [0.2, 0.25) is 0 Å². The summed E-state index contributed by atoms with van der Waals surface area (Å²) >= 11 is 0. The molecule has 1 atom stereocenters.